The van der Waals surface area contributed by atoms with Gasteiger partial charge in [-0.05, 0) is 37.6 Å². The molecule has 3 N–H and O–H groups in total. The number of benzene rings is 1. The van der Waals surface area contributed by atoms with E-state index in [1.807, 2.05) is 19.9 Å². The van der Waals surface area contributed by atoms with Crippen LogP contribution < -0.4 is 16.0 Å². The quantitative estimate of drug-likeness (QED) is 0.609. The Bertz CT molecular complexity index is 958. The standard InChI is InChI=1S/C17H17ClN6OS/c1-9-4-5-11(8-12(9)18)22-16(25)24-17-21-10(2)14(26-17)13-6-7-20-15(19-3)23-13/h4-8H,1-3H3,(H,19,20,23)(H2,21,22,24,25). The molecule has 0 atom stereocenters. The Morgan fingerprint density at radius 1 is 1.15 bits per heavy atom. The number of aromatic nitrogens is 3. The predicted octanol–water partition coefficient (Wildman–Crippen LogP) is 4.56. The van der Waals surface area contributed by atoms with Crippen LogP contribution in [0.2, 0.25) is 5.02 Å². The van der Waals surface area contributed by atoms with E-state index in [0.29, 0.717) is 21.8 Å². The summed E-state index contributed by atoms with van der Waals surface area (Å²) in [4.78, 5) is 26.0. The zero-order chi connectivity index (χ0) is 18.7. The van der Waals surface area contributed by atoms with E-state index < -0.39 is 0 Å². The third kappa shape index (κ3) is 4.09. The number of amides is 2. The van der Waals surface area contributed by atoms with E-state index in [1.165, 1.54) is 11.3 Å². The maximum absolute atomic E-state index is 12.2. The first-order valence-electron chi connectivity index (χ1n) is 7.79. The molecule has 0 aliphatic rings. The van der Waals surface area contributed by atoms with E-state index in [4.69, 9.17) is 11.6 Å². The van der Waals surface area contributed by atoms with Gasteiger partial charge in [-0.15, -0.1) is 0 Å². The van der Waals surface area contributed by atoms with Gasteiger partial charge in [0.1, 0.15) is 0 Å². The molecule has 0 aliphatic heterocycles. The molecular formula is C17H17ClN6OS. The molecule has 0 saturated carbocycles. The van der Waals surface area contributed by atoms with E-state index in [2.05, 4.69) is 30.9 Å². The van der Waals surface area contributed by atoms with Crippen molar-refractivity contribution in [3.63, 3.8) is 0 Å². The summed E-state index contributed by atoms with van der Waals surface area (Å²) < 4.78 is 0. The molecule has 0 saturated heterocycles. The first-order valence-corrected chi connectivity index (χ1v) is 8.98. The minimum absolute atomic E-state index is 0.385. The molecule has 9 heteroatoms. The second-order valence-corrected chi connectivity index (χ2v) is 6.90. The molecule has 0 bridgehead atoms. The number of carbonyl (C=O) groups excluding carboxylic acids is 1. The van der Waals surface area contributed by atoms with Crippen molar-refractivity contribution in [3.8, 4) is 10.6 Å². The Morgan fingerprint density at radius 2 is 1.96 bits per heavy atom. The summed E-state index contributed by atoms with van der Waals surface area (Å²) in [5.41, 5.74) is 3.09. The highest BCUT2D eigenvalue weighted by Gasteiger charge is 2.14. The van der Waals surface area contributed by atoms with E-state index in [-0.39, 0.29) is 6.03 Å². The lowest BCUT2D eigenvalue weighted by atomic mass is 10.2. The Morgan fingerprint density at radius 3 is 2.69 bits per heavy atom. The lowest BCUT2D eigenvalue weighted by Gasteiger charge is -2.06. The Hall–Kier alpha value is -2.71. The molecule has 26 heavy (non-hydrogen) atoms. The summed E-state index contributed by atoms with van der Waals surface area (Å²) in [5.74, 6) is 0.527. The SMILES string of the molecule is CNc1nccc(-c2sc(NC(=O)Nc3ccc(C)c(Cl)c3)nc2C)n1. The first-order chi connectivity index (χ1) is 12.5. The van der Waals surface area contributed by atoms with Gasteiger partial charge in [-0.1, -0.05) is 29.0 Å². The molecule has 7 nitrogen and oxygen atoms in total. The molecule has 2 heterocycles. The average Bonchev–Trinajstić information content (AvgIpc) is 2.98. The minimum atomic E-state index is -0.385. The van der Waals surface area contributed by atoms with Crippen molar-refractivity contribution in [1.29, 1.82) is 0 Å². The number of thiazole rings is 1. The van der Waals surface area contributed by atoms with Crippen molar-refractivity contribution in [1.82, 2.24) is 15.0 Å². The zero-order valence-corrected chi connectivity index (χ0v) is 16.0. The van der Waals surface area contributed by atoms with E-state index in [9.17, 15) is 4.79 Å². The molecule has 0 aliphatic carbocycles. The van der Waals surface area contributed by atoms with Crippen LogP contribution in [0.3, 0.4) is 0 Å². The van der Waals surface area contributed by atoms with Crippen molar-refractivity contribution in [3.05, 3.63) is 46.7 Å². The summed E-state index contributed by atoms with van der Waals surface area (Å²) in [6.07, 6.45) is 1.67. The normalized spacial score (nSPS) is 10.5. The molecule has 3 aromatic rings. The van der Waals surface area contributed by atoms with Gasteiger partial charge in [0.05, 0.1) is 16.3 Å². The number of urea groups is 1. The van der Waals surface area contributed by atoms with Crippen LogP contribution in [-0.2, 0) is 0 Å². The molecule has 0 radical (unpaired) electrons. The number of nitrogens with zero attached hydrogens (tertiary/aromatic N) is 3. The van der Waals surface area contributed by atoms with Gasteiger partial charge in [-0.2, -0.15) is 0 Å². The van der Waals surface area contributed by atoms with Crippen LogP contribution in [0.15, 0.2) is 30.5 Å². The van der Waals surface area contributed by atoms with Gasteiger partial charge in [0, 0.05) is 24.0 Å². The average molecular weight is 389 g/mol. The van der Waals surface area contributed by atoms with Gasteiger partial charge in [-0.25, -0.2) is 19.7 Å². The summed E-state index contributed by atoms with van der Waals surface area (Å²) in [5, 5.41) is 9.46. The van der Waals surface area contributed by atoms with E-state index >= 15 is 0 Å². The van der Waals surface area contributed by atoms with Gasteiger partial charge >= 0.3 is 6.03 Å². The molecule has 0 fully saturated rings. The number of hydrogen-bond acceptors (Lipinski definition) is 6. The molecule has 0 unspecified atom stereocenters. The predicted molar refractivity (Wildman–Crippen MR) is 106 cm³/mol. The number of rotatable bonds is 4. The minimum Gasteiger partial charge on any atom is -0.357 e. The summed E-state index contributed by atoms with van der Waals surface area (Å²) in [6.45, 7) is 3.77. The fraction of sp³-hybridized carbons (Fsp3) is 0.176. The number of hydrogen-bond donors (Lipinski definition) is 3. The van der Waals surface area contributed by atoms with Crippen LogP contribution in [0.4, 0.5) is 21.6 Å². The van der Waals surface area contributed by atoms with Crippen molar-refractivity contribution < 1.29 is 4.79 Å². The van der Waals surface area contributed by atoms with Crippen molar-refractivity contribution in [2.45, 2.75) is 13.8 Å². The molecule has 0 spiro atoms. The number of carbonyl (C=O) groups is 1. The van der Waals surface area contributed by atoms with Gasteiger partial charge in [0.25, 0.3) is 0 Å². The molecule has 134 valence electrons. The lowest BCUT2D eigenvalue weighted by molar-refractivity contribution is 0.262. The van der Waals surface area contributed by atoms with Gasteiger partial charge in [0.2, 0.25) is 5.95 Å². The van der Waals surface area contributed by atoms with Crippen LogP contribution in [0.5, 0.6) is 0 Å². The highest BCUT2D eigenvalue weighted by molar-refractivity contribution is 7.19. The third-order valence-electron chi connectivity index (χ3n) is 3.56. The largest absolute Gasteiger partial charge is 0.357 e. The van der Waals surface area contributed by atoms with Crippen LogP contribution in [0, 0.1) is 13.8 Å². The second kappa shape index (κ2) is 7.67. The number of aryl methyl sites for hydroxylation is 2. The zero-order valence-electron chi connectivity index (χ0n) is 14.4. The Kier molecular flexibility index (Phi) is 5.34. The fourth-order valence-corrected chi connectivity index (χ4v) is 3.34. The summed E-state index contributed by atoms with van der Waals surface area (Å²) in [6, 6.07) is 6.76. The molecule has 2 amide bonds. The van der Waals surface area contributed by atoms with E-state index in [0.717, 1.165) is 21.8 Å². The van der Waals surface area contributed by atoms with Crippen LogP contribution in [-0.4, -0.2) is 28.0 Å². The first kappa shape index (κ1) is 18.1. The maximum atomic E-state index is 12.2. The van der Waals surface area contributed by atoms with Crippen LogP contribution >= 0.6 is 22.9 Å². The Labute approximate surface area is 159 Å². The number of anilines is 3. The van der Waals surface area contributed by atoms with Crippen molar-refractivity contribution in [2.24, 2.45) is 0 Å². The molecule has 3 rings (SSSR count). The van der Waals surface area contributed by atoms with Gasteiger partial charge in [0.15, 0.2) is 5.13 Å². The van der Waals surface area contributed by atoms with Crippen molar-refractivity contribution >= 4 is 45.7 Å². The van der Waals surface area contributed by atoms with Crippen LogP contribution in [0.25, 0.3) is 10.6 Å². The smallest absolute Gasteiger partial charge is 0.325 e. The number of nitrogens with one attached hydrogen (secondary N) is 3. The Balaban J connectivity index is 1.74. The molecule has 1 aromatic carbocycles. The van der Waals surface area contributed by atoms with Crippen LogP contribution in [0.1, 0.15) is 11.3 Å². The summed E-state index contributed by atoms with van der Waals surface area (Å²) >= 11 is 7.42. The maximum Gasteiger partial charge on any atom is 0.325 e. The van der Waals surface area contributed by atoms with Gasteiger partial charge in [-0.3, -0.25) is 5.32 Å². The fourth-order valence-electron chi connectivity index (χ4n) is 2.22. The monoisotopic (exact) mass is 388 g/mol. The second-order valence-electron chi connectivity index (χ2n) is 5.49. The van der Waals surface area contributed by atoms with E-state index in [1.54, 1.807) is 31.4 Å². The molecule has 2 aromatic heterocycles. The molecular weight excluding hydrogens is 372 g/mol. The third-order valence-corrected chi connectivity index (χ3v) is 5.06. The summed E-state index contributed by atoms with van der Waals surface area (Å²) in [7, 11) is 1.76. The number of halogens is 1. The lowest BCUT2D eigenvalue weighted by Crippen LogP contribution is -2.19. The van der Waals surface area contributed by atoms with Gasteiger partial charge < -0.3 is 10.6 Å². The topological polar surface area (TPSA) is 91.8 Å². The highest BCUT2D eigenvalue weighted by Crippen LogP contribution is 2.31. The van der Waals surface area contributed by atoms with Crippen molar-refractivity contribution in [2.75, 3.05) is 23.0 Å². The highest BCUT2D eigenvalue weighted by atomic mass is 35.5.